The number of piperidine rings is 2. The van der Waals surface area contributed by atoms with E-state index in [-0.39, 0.29) is 67.0 Å². The number of urea groups is 1. The lowest BCUT2D eigenvalue weighted by atomic mass is 9.89. The quantitative estimate of drug-likeness (QED) is 0.0962. The Hall–Kier alpha value is -7.41. The van der Waals surface area contributed by atoms with Crippen LogP contribution >= 0.6 is 0 Å². The Morgan fingerprint density at radius 1 is 0.862 bits per heavy atom. The smallest absolute Gasteiger partial charge is 0.329 e. The fraction of sp³-hybridized carbons (Fsp3) is 0.283. The number of amides is 5. The van der Waals surface area contributed by atoms with Crippen LogP contribution in [-0.4, -0.2) is 74.1 Å². The van der Waals surface area contributed by atoms with E-state index in [0.29, 0.717) is 20.9 Å². The van der Waals surface area contributed by atoms with Crippen LogP contribution in [0.5, 0.6) is 11.5 Å². The van der Waals surface area contributed by atoms with Crippen molar-refractivity contribution in [2.45, 2.75) is 44.2 Å². The van der Waals surface area contributed by atoms with Crippen molar-refractivity contribution in [2.24, 2.45) is 7.05 Å². The number of rotatable bonds is 12. The highest BCUT2D eigenvalue weighted by Crippen LogP contribution is 2.41. The van der Waals surface area contributed by atoms with Gasteiger partial charge in [-0.2, -0.15) is 8.42 Å². The number of hydrogen-bond donors (Lipinski definition) is 4. The van der Waals surface area contributed by atoms with Crippen LogP contribution < -0.4 is 45.0 Å². The number of imide groups is 1. The topological polar surface area (TPSA) is 202 Å². The number of aromatic nitrogens is 2. The monoisotopic (exact) mass is 904 g/mol. The summed E-state index contributed by atoms with van der Waals surface area (Å²) in [5.41, 5.74) is 4.23. The van der Waals surface area contributed by atoms with Crippen LogP contribution in [0.1, 0.15) is 48.8 Å². The number of imidazole rings is 1. The molecular weight excluding hydrogens is 860 g/mol. The highest BCUT2D eigenvalue weighted by molar-refractivity contribution is 7.92. The minimum Gasteiger partial charge on any atom is -0.492 e. The molecule has 3 aliphatic rings. The van der Waals surface area contributed by atoms with Gasteiger partial charge in [-0.15, -0.1) is 0 Å². The SMILES string of the molecule is Cn1c(=O)n(C2CCC(=O)NC2=O)c2ccc(C3CCN(c4ccc(NC(=O)NCCOc5ccc6cc(OCc7ccccc7)c(N7CC(=O)NS7(=O)=O)c(F)c6c5)cc4)CC3)cc21. The first-order chi connectivity index (χ1) is 31.3. The Morgan fingerprint density at radius 3 is 2.35 bits per heavy atom. The van der Waals surface area contributed by atoms with Crippen molar-refractivity contribution >= 4 is 72.8 Å². The molecular formula is C46H45FN8O9S. The van der Waals surface area contributed by atoms with E-state index in [2.05, 4.69) is 20.9 Å². The van der Waals surface area contributed by atoms with Crippen LogP contribution in [0, 0.1) is 5.82 Å². The van der Waals surface area contributed by atoms with Gasteiger partial charge in [0.05, 0.1) is 17.6 Å². The van der Waals surface area contributed by atoms with Gasteiger partial charge in [0.15, 0.2) is 5.82 Å². The van der Waals surface area contributed by atoms with Gasteiger partial charge in [0.1, 0.15) is 43.0 Å². The molecule has 3 fully saturated rings. The maximum absolute atomic E-state index is 16.3. The maximum Gasteiger partial charge on any atom is 0.329 e. The predicted molar refractivity (Wildman–Crippen MR) is 241 cm³/mol. The summed E-state index contributed by atoms with van der Waals surface area (Å²) < 4.78 is 59.3. The number of hydrogen-bond acceptors (Lipinski definition) is 10. The number of ether oxygens (including phenoxy) is 2. The molecule has 0 radical (unpaired) electrons. The second kappa shape index (κ2) is 17.6. The Morgan fingerprint density at radius 2 is 1.63 bits per heavy atom. The summed E-state index contributed by atoms with van der Waals surface area (Å²) in [6.07, 6.45) is 2.25. The molecule has 6 aromatic rings. The van der Waals surface area contributed by atoms with E-state index in [9.17, 15) is 32.4 Å². The molecule has 3 saturated heterocycles. The van der Waals surface area contributed by atoms with Gasteiger partial charge in [0.25, 0.3) is 5.91 Å². The van der Waals surface area contributed by atoms with Gasteiger partial charge in [0, 0.05) is 43.3 Å². The molecule has 1 unspecified atom stereocenters. The number of nitrogens with one attached hydrogen (secondary N) is 4. The molecule has 1 aromatic heterocycles. The predicted octanol–water partition coefficient (Wildman–Crippen LogP) is 4.95. The van der Waals surface area contributed by atoms with E-state index in [4.69, 9.17) is 9.47 Å². The highest BCUT2D eigenvalue weighted by atomic mass is 32.2. The van der Waals surface area contributed by atoms with E-state index < -0.39 is 52.1 Å². The normalized spacial score (nSPS) is 17.6. The Bertz CT molecular complexity index is 3020. The molecule has 4 N–H and O–H groups in total. The van der Waals surface area contributed by atoms with Crippen LogP contribution in [-0.2, 0) is 38.2 Å². The van der Waals surface area contributed by atoms with E-state index >= 15 is 4.39 Å². The van der Waals surface area contributed by atoms with Crippen molar-refractivity contribution in [3.8, 4) is 11.5 Å². The molecule has 0 spiro atoms. The summed E-state index contributed by atoms with van der Waals surface area (Å²) in [7, 11) is -2.66. The molecule has 17 nitrogen and oxygen atoms in total. The summed E-state index contributed by atoms with van der Waals surface area (Å²) in [4.78, 5) is 64.7. The van der Waals surface area contributed by atoms with Crippen molar-refractivity contribution in [2.75, 3.05) is 47.3 Å². The fourth-order valence-corrected chi connectivity index (χ4v) is 9.87. The third-order valence-electron chi connectivity index (χ3n) is 12.0. The zero-order chi connectivity index (χ0) is 45.4. The fourth-order valence-electron chi connectivity index (χ4n) is 8.71. The Kier molecular flexibility index (Phi) is 11.6. The highest BCUT2D eigenvalue weighted by Gasteiger charge is 2.38. The van der Waals surface area contributed by atoms with Gasteiger partial charge in [-0.05, 0) is 96.3 Å². The van der Waals surface area contributed by atoms with Crippen LogP contribution in [0.25, 0.3) is 21.8 Å². The molecule has 336 valence electrons. The van der Waals surface area contributed by atoms with E-state index in [1.165, 1.54) is 16.7 Å². The second-order valence-corrected chi connectivity index (χ2v) is 17.8. The second-order valence-electron chi connectivity index (χ2n) is 16.2. The average molecular weight is 905 g/mol. The number of nitrogens with zero attached hydrogens (tertiary/aromatic N) is 4. The van der Waals surface area contributed by atoms with E-state index in [1.807, 2.05) is 77.5 Å². The van der Waals surface area contributed by atoms with Gasteiger partial charge in [0.2, 0.25) is 11.8 Å². The number of benzene rings is 5. The number of aryl methyl sites for hydroxylation is 1. The zero-order valence-corrected chi connectivity index (χ0v) is 36.0. The number of carbonyl (C=O) groups is 4. The van der Waals surface area contributed by atoms with Gasteiger partial charge >= 0.3 is 21.9 Å². The largest absolute Gasteiger partial charge is 0.492 e. The van der Waals surface area contributed by atoms with E-state index in [0.717, 1.165) is 48.3 Å². The molecule has 9 rings (SSSR count). The van der Waals surface area contributed by atoms with E-state index in [1.54, 1.807) is 23.7 Å². The van der Waals surface area contributed by atoms with Crippen LogP contribution in [0.4, 0.5) is 26.2 Å². The summed E-state index contributed by atoms with van der Waals surface area (Å²) in [5.74, 6) is -2.00. The molecule has 4 heterocycles. The lowest BCUT2D eigenvalue weighted by Gasteiger charge is -2.34. The third kappa shape index (κ3) is 8.78. The first-order valence-corrected chi connectivity index (χ1v) is 22.6. The van der Waals surface area contributed by atoms with Crippen LogP contribution in [0.3, 0.4) is 0 Å². The van der Waals surface area contributed by atoms with Crippen molar-refractivity contribution in [3.63, 3.8) is 0 Å². The molecule has 5 amide bonds. The summed E-state index contributed by atoms with van der Waals surface area (Å²) in [6, 6.07) is 27.6. The molecule has 19 heteroatoms. The van der Waals surface area contributed by atoms with Gasteiger partial charge in [-0.3, -0.25) is 28.8 Å². The van der Waals surface area contributed by atoms with Crippen molar-refractivity contribution in [1.29, 1.82) is 0 Å². The molecule has 3 aliphatic heterocycles. The molecule has 0 saturated carbocycles. The standard InChI is InChI=1S/C46H45FN8O9S/c1-52-38-23-30(8-14-36(38)55(46(52)60)37-15-16-40(56)50-44(37)58)29-17-20-53(21-18-29)33-11-9-32(10-12-33)49-45(59)48-19-22-63-34-13-7-31-24-39(64-27-28-5-3-2-4-6-28)43(42(47)35(31)25-34)54-26-41(57)51-65(54,61)62/h2-14,23-25,29,37H,15-22,26-27H2,1H3,(H,51,57)(H2,48,49,59)(H,50,56,58). The molecule has 65 heavy (non-hydrogen) atoms. The van der Waals surface area contributed by atoms with Crippen molar-refractivity contribution < 1.29 is 41.5 Å². The van der Waals surface area contributed by atoms with Crippen molar-refractivity contribution in [3.05, 3.63) is 124 Å². The summed E-state index contributed by atoms with van der Waals surface area (Å²) in [5, 5.41) is 8.37. The minimum absolute atomic E-state index is 0.0302. The number of carbonyl (C=O) groups excluding carboxylic acids is 4. The zero-order valence-electron chi connectivity index (χ0n) is 35.2. The van der Waals surface area contributed by atoms with Crippen LogP contribution in [0.2, 0.25) is 0 Å². The minimum atomic E-state index is -4.36. The average Bonchev–Trinajstić information content (AvgIpc) is 3.72. The third-order valence-corrected chi connectivity index (χ3v) is 13.4. The Balaban J connectivity index is 0.773. The molecule has 1 atom stereocenters. The number of anilines is 3. The maximum atomic E-state index is 16.3. The number of halogens is 1. The first-order valence-electron chi connectivity index (χ1n) is 21.2. The van der Waals surface area contributed by atoms with Gasteiger partial charge in [-0.1, -0.05) is 42.5 Å². The van der Waals surface area contributed by atoms with Crippen LogP contribution in [0.15, 0.2) is 102 Å². The summed E-state index contributed by atoms with van der Waals surface area (Å²) >= 11 is 0. The summed E-state index contributed by atoms with van der Waals surface area (Å²) in [6.45, 7) is 1.19. The molecule has 0 bridgehead atoms. The lowest BCUT2D eigenvalue weighted by molar-refractivity contribution is -0.135. The van der Waals surface area contributed by atoms with Gasteiger partial charge in [-0.25, -0.2) is 23.0 Å². The number of fused-ring (bicyclic) bond motifs is 2. The van der Waals surface area contributed by atoms with Gasteiger partial charge < -0.3 is 25.0 Å². The first kappa shape index (κ1) is 42.9. The lowest BCUT2D eigenvalue weighted by Crippen LogP contribution is -2.44. The Labute approximate surface area is 372 Å². The molecule has 5 aromatic carbocycles. The molecule has 0 aliphatic carbocycles. The van der Waals surface area contributed by atoms with Crippen molar-refractivity contribution in [1.82, 2.24) is 24.5 Å².